The molecule has 0 radical (unpaired) electrons. The second-order valence-corrected chi connectivity index (χ2v) is 6.46. The molecule has 0 aliphatic carbocycles. The first-order valence-electron chi connectivity index (χ1n) is 8.55. The molecule has 2 nitrogen and oxygen atoms in total. The van der Waals surface area contributed by atoms with Gasteiger partial charge in [0.2, 0.25) is 0 Å². The first-order valence-corrected chi connectivity index (χ1v) is 8.55. The summed E-state index contributed by atoms with van der Waals surface area (Å²) in [7, 11) is 0. The van der Waals surface area contributed by atoms with E-state index >= 15 is 0 Å². The smallest absolute Gasteiger partial charge is 0.300 e. The summed E-state index contributed by atoms with van der Waals surface area (Å²) >= 11 is 0. The molecule has 0 aromatic heterocycles. The first kappa shape index (κ1) is 16.1. The standard InChI is InChI=1S/C22H14.C2H4O2/c1-2-6-16-10-20-14-22-12-18-8-4-3-7-17(18)11-21(22)13-19(20)9-15(16)5-1;1-2(3)4/h1-14H;1H3,(H,3,4). The van der Waals surface area contributed by atoms with Crippen molar-refractivity contribution in [3.8, 4) is 0 Å². The van der Waals surface area contributed by atoms with Gasteiger partial charge in [0.15, 0.2) is 0 Å². The molecule has 0 fully saturated rings. The van der Waals surface area contributed by atoms with Crippen LogP contribution >= 0.6 is 0 Å². The van der Waals surface area contributed by atoms with Crippen LogP contribution in [0.15, 0.2) is 84.9 Å². The summed E-state index contributed by atoms with van der Waals surface area (Å²) in [5.74, 6) is -0.833. The minimum atomic E-state index is -0.833. The van der Waals surface area contributed by atoms with Crippen molar-refractivity contribution in [2.75, 3.05) is 0 Å². The molecule has 0 spiro atoms. The molecular formula is C24H18O2. The van der Waals surface area contributed by atoms with E-state index in [9.17, 15) is 0 Å². The fourth-order valence-corrected chi connectivity index (χ4v) is 3.39. The van der Waals surface area contributed by atoms with Crippen LogP contribution in [-0.2, 0) is 4.79 Å². The molecule has 2 heteroatoms. The number of benzene rings is 5. The molecule has 0 bridgehead atoms. The summed E-state index contributed by atoms with van der Waals surface area (Å²) in [5.41, 5.74) is 0. The Bertz CT molecular complexity index is 1080. The third-order valence-corrected chi connectivity index (χ3v) is 4.52. The van der Waals surface area contributed by atoms with Crippen molar-refractivity contribution < 1.29 is 9.90 Å². The highest BCUT2D eigenvalue weighted by Crippen LogP contribution is 2.29. The van der Waals surface area contributed by atoms with Gasteiger partial charge in [-0.05, 0) is 79.5 Å². The Hall–Kier alpha value is -3.39. The average Bonchev–Trinajstić information content (AvgIpc) is 2.62. The third kappa shape index (κ3) is 3.09. The van der Waals surface area contributed by atoms with Crippen LogP contribution in [0.1, 0.15) is 6.92 Å². The van der Waals surface area contributed by atoms with E-state index in [1.54, 1.807) is 0 Å². The molecule has 5 aromatic carbocycles. The topological polar surface area (TPSA) is 37.3 Å². The number of carboxylic acid groups (broad SMARTS) is 1. The van der Waals surface area contributed by atoms with Crippen LogP contribution in [0.5, 0.6) is 0 Å². The third-order valence-electron chi connectivity index (χ3n) is 4.52. The summed E-state index contributed by atoms with van der Waals surface area (Å²) in [6.45, 7) is 1.08. The van der Waals surface area contributed by atoms with Crippen molar-refractivity contribution >= 4 is 49.1 Å². The van der Waals surface area contributed by atoms with Gasteiger partial charge in [-0.25, -0.2) is 0 Å². The molecule has 0 saturated heterocycles. The Morgan fingerprint density at radius 3 is 0.962 bits per heavy atom. The predicted molar refractivity (Wildman–Crippen MR) is 110 cm³/mol. The molecule has 1 N–H and O–H groups in total. The fourth-order valence-electron chi connectivity index (χ4n) is 3.39. The van der Waals surface area contributed by atoms with E-state index in [-0.39, 0.29) is 0 Å². The Labute approximate surface area is 151 Å². The van der Waals surface area contributed by atoms with Crippen LogP contribution in [0.3, 0.4) is 0 Å². The summed E-state index contributed by atoms with van der Waals surface area (Å²) in [5, 5.41) is 17.8. The number of aliphatic carboxylic acids is 1. The fraction of sp³-hybridized carbons (Fsp3) is 0.0417. The maximum Gasteiger partial charge on any atom is 0.300 e. The summed E-state index contributed by atoms with van der Waals surface area (Å²) in [4.78, 5) is 9.00. The molecule has 0 aliphatic rings. The predicted octanol–water partition coefficient (Wildman–Crippen LogP) is 6.39. The van der Waals surface area contributed by atoms with E-state index in [0.717, 1.165) is 6.92 Å². The molecule has 0 atom stereocenters. The number of hydrogen-bond donors (Lipinski definition) is 1. The molecule has 0 unspecified atom stereocenters. The Morgan fingerprint density at radius 1 is 0.538 bits per heavy atom. The van der Waals surface area contributed by atoms with E-state index in [0.29, 0.717) is 0 Å². The largest absolute Gasteiger partial charge is 0.481 e. The highest BCUT2D eigenvalue weighted by atomic mass is 16.4. The van der Waals surface area contributed by atoms with E-state index in [2.05, 4.69) is 84.9 Å². The highest BCUT2D eigenvalue weighted by molar-refractivity contribution is 6.08. The quantitative estimate of drug-likeness (QED) is 0.332. The van der Waals surface area contributed by atoms with Crippen LogP contribution in [0, 0.1) is 0 Å². The number of rotatable bonds is 0. The maximum atomic E-state index is 9.00. The molecule has 0 heterocycles. The number of carboxylic acids is 1. The minimum Gasteiger partial charge on any atom is -0.481 e. The average molecular weight is 338 g/mol. The number of hydrogen-bond acceptors (Lipinski definition) is 1. The maximum absolute atomic E-state index is 9.00. The lowest BCUT2D eigenvalue weighted by molar-refractivity contribution is -0.134. The van der Waals surface area contributed by atoms with Crippen molar-refractivity contribution in [2.45, 2.75) is 6.92 Å². The number of fused-ring (bicyclic) bond motifs is 4. The van der Waals surface area contributed by atoms with Gasteiger partial charge in [-0.15, -0.1) is 0 Å². The lowest BCUT2D eigenvalue weighted by atomic mass is 9.97. The second kappa shape index (κ2) is 6.49. The lowest BCUT2D eigenvalue weighted by Crippen LogP contribution is -1.80. The van der Waals surface area contributed by atoms with Gasteiger partial charge >= 0.3 is 0 Å². The second-order valence-electron chi connectivity index (χ2n) is 6.46. The Balaban J connectivity index is 0.000000385. The summed E-state index contributed by atoms with van der Waals surface area (Å²) in [6, 6.07) is 30.9. The van der Waals surface area contributed by atoms with E-state index in [1.165, 1.54) is 43.1 Å². The van der Waals surface area contributed by atoms with Crippen LogP contribution < -0.4 is 0 Å². The molecule has 0 saturated carbocycles. The normalized spacial score (nSPS) is 10.8. The lowest BCUT2D eigenvalue weighted by Gasteiger charge is -2.07. The Morgan fingerprint density at radius 2 is 0.731 bits per heavy atom. The molecule has 5 rings (SSSR count). The molecular weight excluding hydrogens is 320 g/mol. The van der Waals surface area contributed by atoms with Gasteiger partial charge in [-0.1, -0.05) is 48.5 Å². The zero-order chi connectivity index (χ0) is 18.1. The van der Waals surface area contributed by atoms with Crippen molar-refractivity contribution in [1.82, 2.24) is 0 Å². The zero-order valence-corrected chi connectivity index (χ0v) is 14.4. The molecule has 26 heavy (non-hydrogen) atoms. The van der Waals surface area contributed by atoms with E-state index in [1.807, 2.05) is 0 Å². The Kier molecular flexibility index (Phi) is 4.02. The molecule has 126 valence electrons. The van der Waals surface area contributed by atoms with Gasteiger partial charge in [0.25, 0.3) is 5.97 Å². The molecule has 0 amide bonds. The SMILES string of the molecule is CC(=O)O.c1ccc2cc3cc4cc5ccccc5cc4cc3cc2c1. The van der Waals surface area contributed by atoms with Gasteiger partial charge in [-0.3, -0.25) is 4.79 Å². The highest BCUT2D eigenvalue weighted by Gasteiger charge is 2.02. The van der Waals surface area contributed by atoms with Gasteiger partial charge < -0.3 is 5.11 Å². The van der Waals surface area contributed by atoms with Crippen LogP contribution in [0.25, 0.3) is 43.1 Å². The van der Waals surface area contributed by atoms with Crippen molar-refractivity contribution in [3.63, 3.8) is 0 Å². The number of carbonyl (C=O) groups is 1. The van der Waals surface area contributed by atoms with E-state index < -0.39 is 5.97 Å². The molecule has 5 aromatic rings. The van der Waals surface area contributed by atoms with Crippen LogP contribution in [0.4, 0.5) is 0 Å². The first-order chi connectivity index (χ1) is 12.6. The zero-order valence-electron chi connectivity index (χ0n) is 14.4. The van der Waals surface area contributed by atoms with Crippen LogP contribution in [-0.4, -0.2) is 11.1 Å². The van der Waals surface area contributed by atoms with Crippen molar-refractivity contribution in [2.24, 2.45) is 0 Å². The van der Waals surface area contributed by atoms with Crippen LogP contribution in [0.2, 0.25) is 0 Å². The summed E-state index contributed by atoms with van der Waals surface area (Å²) < 4.78 is 0. The monoisotopic (exact) mass is 338 g/mol. The van der Waals surface area contributed by atoms with E-state index in [4.69, 9.17) is 9.90 Å². The van der Waals surface area contributed by atoms with Gasteiger partial charge in [-0.2, -0.15) is 0 Å². The van der Waals surface area contributed by atoms with Gasteiger partial charge in [0.05, 0.1) is 0 Å². The van der Waals surface area contributed by atoms with Gasteiger partial charge in [0.1, 0.15) is 0 Å². The summed E-state index contributed by atoms with van der Waals surface area (Å²) in [6.07, 6.45) is 0. The molecule has 0 aliphatic heterocycles. The van der Waals surface area contributed by atoms with Crippen molar-refractivity contribution in [1.29, 1.82) is 0 Å². The van der Waals surface area contributed by atoms with Gasteiger partial charge in [0, 0.05) is 6.92 Å². The minimum absolute atomic E-state index is 0.833. The van der Waals surface area contributed by atoms with Crippen molar-refractivity contribution in [3.05, 3.63) is 84.9 Å².